The van der Waals surface area contributed by atoms with E-state index in [0.717, 1.165) is 11.3 Å². The highest BCUT2D eigenvalue weighted by Crippen LogP contribution is 2.25. The van der Waals surface area contributed by atoms with Crippen molar-refractivity contribution >= 4 is 6.03 Å². The Labute approximate surface area is 148 Å². The highest BCUT2D eigenvalue weighted by Gasteiger charge is 2.29. The minimum absolute atomic E-state index is 0.0813. The van der Waals surface area contributed by atoms with Crippen LogP contribution in [0.5, 0.6) is 5.75 Å². The third-order valence-corrected chi connectivity index (χ3v) is 4.76. The van der Waals surface area contributed by atoms with Gasteiger partial charge in [-0.25, -0.2) is 4.79 Å². The molecule has 1 atom stereocenters. The van der Waals surface area contributed by atoms with Crippen LogP contribution in [-0.4, -0.2) is 80.3 Å². The maximum atomic E-state index is 12.5. The van der Waals surface area contributed by atoms with Crippen LogP contribution in [0.3, 0.4) is 0 Å². The summed E-state index contributed by atoms with van der Waals surface area (Å²) in [6.07, 6.45) is 0. The molecule has 0 saturated carbocycles. The zero-order valence-electron chi connectivity index (χ0n) is 14.6. The van der Waals surface area contributed by atoms with Crippen LogP contribution >= 0.6 is 0 Å². The van der Waals surface area contributed by atoms with Crippen molar-refractivity contribution in [2.24, 2.45) is 0 Å². The van der Waals surface area contributed by atoms with Gasteiger partial charge >= 0.3 is 6.03 Å². The van der Waals surface area contributed by atoms with Crippen LogP contribution in [0.1, 0.15) is 11.6 Å². The maximum absolute atomic E-state index is 12.5. The molecule has 2 aliphatic heterocycles. The zero-order valence-corrected chi connectivity index (χ0v) is 14.6. The Morgan fingerprint density at radius 2 is 1.84 bits per heavy atom. The first-order valence-corrected chi connectivity index (χ1v) is 8.62. The lowest BCUT2D eigenvalue weighted by Gasteiger charge is -2.39. The van der Waals surface area contributed by atoms with Crippen LogP contribution in [0, 0.1) is 11.3 Å². The molecule has 134 valence electrons. The van der Waals surface area contributed by atoms with E-state index in [-0.39, 0.29) is 12.1 Å². The van der Waals surface area contributed by atoms with Gasteiger partial charge in [0.15, 0.2) is 0 Å². The predicted molar refractivity (Wildman–Crippen MR) is 92.3 cm³/mol. The molecule has 2 fully saturated rings. The molecule has 0 radical (unpaired) electrons. The van der Waals surface area contributed by atoms with E-state index in [9.17, 15) is 10.1 Å². The summed E-state index contributed by atoms with van der Waals surface area (Å²) in [7, 11) is 1.62. The molecule has 0 aliphatic carbocycles. The third-order valence-electron chi connectivity index (χ3n) is 4.76. The second kappa shape index (κ2) is 8.19. The number of urea groups is 1. The number of nitrogens with zero attached hydrogens (tertiary/aromatic N) is 4. The van der Waals surface area contributed by atoms with Crippen molar-refractivity contribution in [3.63, 3.8) is 0 Å². The van der Waals surface area contributed by atoms with E-state index in [0.29, 0.717) is 52.5 Å². The Bertz CT molecular complexity index is 631. The number of hydrogen-bond donors (Lipinski definition) is 0. The summed E-state index contributed by atoms with van der Waals surface area (Å²) in [5.74, 6) is 0.749. The molecule has 7 heteroatoms. The molecule has 2 aliphatic rings. The number of rotatable bonds is 3. The van der Waals surface area contributed by atoms with Crippen molar-refractivity contribution in [2.45, 2.75) is 6.04 Å². The van der Waals surface area contributed by atoms with Crippen molar-refractivity contribution in [3.05, 3.63) is 29.8 Å². The van der Waals surface area contributed by atoms with Crippen LogP contribution in [0.15, 0.2) is 24.3 Å². The van der Waals surface area contributed by atoms with Gasteiger partial charge in [0.25, 0.3) is 0 Å². The van der Waals surface area contributed by atoms with Crippen LogP contribution in [-0.2, 0) is 4.74 Å². The number of piperazine rings is 1. The van der Waals surface area contributed by atoms with Gasteiger partial charge in [0.05, 0.1) is 26.4 Å². The van der Waals surface area contributed by atoms with E-state index in [1.165, 1.54) is 0 Å². The van der Waals surface area contributed by atoms with Crippen molar-refractivity contribution in [2.75, 3.05) is 59.6 Å². The van der Waals surface area contributed by atoms with Crippen LogP contribution < -0.4 is 4.74 Å². The van der Waals surface area contributed by atoms with Crippen molar-refractivity contribution < 1.29 is 14.3 Å². The Hall–Kier alpha value is -2.30. The largest absolute Gasteiger partial charge is 0.497 e. The number of hydrogen-bond acceptors (Lipinski definition) is 5. The molecule has 25 heavy (non-hydrogen) atoms. The number of carbonyl (C=O) groups is 1. The summed E-state index contributed by atoms with van der Waals surface area (Å²) in [6.45, 7) is 5.18. The van der Waals surface area contributed by atoms with E-state index in [4.69, 9.17) is 9.47 Å². The smallest absolute Gasteiger partial charge is 0.320 e. The zero-order chi connectivity index (χ0) is 17.6. The second-order valence-electron chi connectivity index (χ2n) is 6.21. The van der Waals surface area contributed by atoms with Gasteiger partial charge in [0, 0.05) is 39.3 Å². The lowest BCUT2D eigenvalue weighted by Crippen LogP contribution is -2.55. The van der Waals surface area contributed by atoms with E-state index >= 15 is 0 Å². The average molecular weight is 344 g/mol. The van der Waals surface area contributed by atoms with E-state index in [1.807, 2.05) is 34.1 Å². The molecule has 0 aromatic heterocycles. The number of nitriles is 1. The molecule has 1 aromatic rings. The Morgan fingerprint density at radius 1 is 1.16 bits per heavy atom. The molecular weight excluding hydrogens is 320 g/mol. The molecule has 0 bridgehead atoms. The van der Waals surface area contributed by atoms with E-state index in [2.05, 4.69) is 11.0 Å². The van der Waals surface area contributed by atoms with Crippen molar-refractivity contribution in [1.82, 2.24) is 14.7 Å². The number of ether oxygens (including phenoxy) is 2. The van der Waals surface area contributed by atoms with Gasteiger partial charge in [-0.2, -0.15) is 5.26 Å². The predicted octanol–water partition coefficient (Wildman–Crippen LogP) is 1.33. The fraction of sp³-hybridized carbons (Fsp3) is 0.556. The van der Waals surface area contributed by atoms with Gasteiger partial charge in [0.1, 0.15) is 11.8 Å². The Kier molecular flexibility index (Phi) is 5.74. The van der Waals surface area contributed by atoms with E-state index < -0.39 is 0 Å². The fourth-order valence-electron chi connectivity index (χ4n) is 3.30. The quantitative estimate of drug-likeness (QED) is 0.827. The van der Waals surface area contributed by atoms with Crippen molar-refractivity contribution in [1.29, 1.82) is 5.26 Å². The topological polar surface area (TPSA) is 69.0 Å². The Balaban J connectivity index is 1.60. The molecule has 2 heterocycles. The molecule has 1 aromatic carbocycles. The number of benzene rings is 1. The molecule has 3 rings (SSSR count). The average Bonchev–Trinajstić information content (AvgIpc) is 2.69. The molecule has 1 unspecified atom stereocenters. The molecular formula is C18H24N4O3. The van der Waals surface area contributed by atoms with E-state index in [1.54, 1.807) is 7.11 Å². The van der Waals surface area contributed by atoms with Crippen LogP contribution in [0.4, 0.5) is 4.79 Å². The summed E-state index contributed by atoms with van der Waals surface area (Å²) in [5.41, 5.74) is 0.926. The summed E-state index contributed by atoms with van der Waals surface area (Å²) in [6, 6.07) is 9.76. The molecule has 0 N–H and O–H groups in total. The summed E-state index contributed by atoms with van der Waals surface area (Å²) >= 11 is 0. The summed E-state index contributed by atoms with van der Waals surface area (Å²) < 4.78 is 10.6. The first-order valence-electron chi connectivity index (χ1n) is 8.62. The molecule has 2 saturated heterocycles. The Morgan fingerprint density at radius 3 is 2.48 bits per heavy atom. The number of amides is 2. The van der Waals surface area contributed by atoms with Gasteiger partial charge in [-0.05, 0) is 17.7 Å². The highest BCUT2D eigenvalue weighted by atomic mass is 16.5. The van der Waals surface area contributed by atoms with Gasteiger partial charge < -0.3 is 19.3 Å². The molecule has 0 spiro atoms. The lowest BCUT2D eigenvalue weighted by atomic mass is 10.1. The normalized spacial score (nSPS) is 20.0. The monoisotopic (exact) mass is 344 g/mol. The summed E-state index contributed by atoms with van der Waals surface area (Å²) in [5, 5.41) is 9.64. The van der Waals surface area contributed by atoms with Gasteiger partial charge in [-0.1, -0.05) is 12.1 Å². The highest BCUT2D eigenvalue weighted by molar-refractivity contribution is 5.74. The SMILES string of the molecule is COc1cccc(C(C#N)N2CCN(C(=O)N3CCOCC3)CC2)c1. The fourth-order valence-corrected chi connectivity index (χ4v) is 3.30. The minimum atomic E-state index is -0.323. The number of methoxy groups -OCH3 is 1. The van der Waals surface area contributed by atoms with Crippen molar-refractivity contribution in [3.8, 4) is 11.8 Å². The first kappa shape index (κ1) is 17.5. The second-order valence-corrected chi connectivity index (χ2v) is 6.21. The standard InChI is InChI=1S/C18H24N4O3/c1-24-16-4-2-3-15(13-16)17(14-19)20-5-7-21(8-6-20)18(23)22-9-11-25-12-10-22/h2-4,13,17H,5-12H2,1H3. The lowest BCUT2D eigenvalue weighted by molar-refractivity contribution is 0.0363. The van der Waals surface area contributed by atoms with Gasteiger partial charge in [-0.3, -0.25) is 4.90 Å². The van der Waals surface area contributed by atoms with Gasteiger partial charge in [0.2, 0.25) is 0 Å². The molecule has 7 nitrogen and oxygen atoms in total. The number of morpholine rings is 1. The molecule has 2 amide bonds. The maximum Gasteiger partial charge on any atom is 0.320 e. The summed E-state index contributed by atoms with van der Waals surface area (Å²) in [4.78, 5) is 18.4. The number of carbonyl (C=O) groups excluding carboxylic acids is 1. The minimum Gasteiger partial charge on any atom is -0.497 e. The van der Waals surface area contributed by atoms with Crippen LogP contribution in [0.2, 0.25) is 0 Å². The van der Waals surface area contributed by atoms with Gasteiger partial charge in [-0.15, -0.1) is 0 Å². The first-order chi connectivity index (χ1) is 12.2. The van der Waals surface area contributed by atoms with Crippen LogP contribution in [0.25, 0.3) is 0 Å². The third kappa shape index (κ3) is 4.03.